The Morgan fingerprint density at radius 3 is 1.43 bits per heavy atom. The van der Waals surface area contributed by atoms with Crippen LogP contribution in [0.15, 0.2) is 194 Å². The van der Waals surface area contributed by atoms with Gasteiger partial charge in [-0.25, -0.2) is 0 Å². The van der Waals surface area contributed by atoms with Crippen LogP contribution in [0.1, 0.15) is 0 Å². The van der Waals surface area contributed by atoms with Crippen LogP contribution in [-0.2, 0) is 0 Å². The van der Waals surface area contributed by atoms with Crippen LogP contribution in [0, 0.1) is 0 Å². The molecule has 0 heteroatoms. The Kier molecular flexibility index (Phi) is 6.15. The summed E-state index contributed by atoms with van der Waals surface area (Å²) in [5.41, 5.74) is 12.8. The topological polar surface area (TPSA) is 0 Å². The highest BCUT2D eigenvalue weighted by atomic mass is 14.2. The number of hydrogen-bond acceptors (Lipinski definition) is 0. The fourth-order valence-corrected chi connectivity index (χ4v) is 9.46. The smallest absolute Gasteiger partial charge is 0.00199 e. The van der Waals surface area contributed by atoms with Crippen LogP contribution in [-0.4, -0.2) is 0 Å². The Hall–Kier alpha value is -7.02. The molecule has 1 aliphatic rings. The average Bonchev–Trinajstić information content (AvgIpc) is 3.57. The van der Waals surface area contributed by atoms with Crippen LogP contribution >= 0.6 is 0 Å². The van der Waals surface area contributed by atoms with Crippen LogP contribution in [0.2, 0.25) is 0 Å². The van der Waals surface area contributed by atoms with Crippen molar-refractivity contribution in [3.8, 4) is 55.6 Å². The SMILES string of the molecule is c1cc(-c2ccc3cc(-c4cc5c6c(cccc6c4)-c4ccccc4-5)ccc3c2)cc(-c2cc3c4ccccc4c4ccccc4c3c3ccccc23)c1. The molecule has 0 aromatic heterocycles. The summed E-state index contributed by atoms with van der Waals surface area (Å²) in [7, 11) is 0. The van der Waals surface area contributed by atoms with Crippen molar-refractivity contribution in [2.24, 2.45) is 0 Å². The number of fused-ring (bicyclic) bond motifs is 12. The molecule has 0 N–H and O–H groups in total. The molecule has 12 rings (SSSR count). The lowest BCUT2D eigenvalue weighted by Gasteiger charge is -2.16. The van der Waals surface area contributed by atoms with Crippen molar-refractivity contribution in [1.82, 2.24) is 0 Å². The Morgan fingerprint density at radius 2 is 0.685 bits per heavy atom. The van der Waals surface area contributed by atoms with Gasteiger partial charge < -0.3 is 0 Å². The third-order valence-electron chi connectivity index (χ3n) is 11.9. The lowest BCUT2D eigenvalue weighted by Crippen LogP contribution is -1.89. The Balaban J connectivity index is 0.973. The lowest BCUT2D eigenvalue weighted by molar-refractivity contribution is 1.62. The van der Waals surface area contributed by atoms with E-state index in [9.17, 15) is 0 Å². The quantitative estimate of drug-likeness (QED) is 0.163. The molecule has 0 amide bonds. The van der Waals surface area contributed by atoms with E-state index in [-0.39, 0.29) is 0 Å². The van der Waals surface area contributed by atoms with Crippen molar-refractivity contribution in [1.29, 1.82) is 0 Å². The van der Waals surface area contributed by atoms with E-state index >= 15 is 0 Å². The fraction of sp³-hybridized carbons (Fsp3) is 0. The second kappa shape index (κ2) is 11.2. The molecular weight excluding hydrogens is 649 g/mol. The van der Waals surface area contributed by atoms with Gasteiger partial charge in [-0.3, -0.25) is 0 Å². The van der Waals surface area contributed by atoms with Crippen LogP contribution < -0.4 is 0 Å². The Morgan fingerprint density at radius 1 is 0.185 bits per heavy atom. The molecule has 0 saturated carbocycles. The maximum Gasteiger partial charge on any atom is -0.00199 e. The molecule has 0 spiro atoms. The first kappa shape index (κ1) is 29.5. The van der Waals surface area contributed by atoms with Gasteiger partial charge in [0.2, 0.25) is 0 Å². The van der Waals surface area contributed by atoms with Gasteiger partial charge in [0.1, 0.15) is 0 Å². The normalized spacial score (nSPS) is 12.1. The predicted molar refractivity (Wildman–Crippen MR) is 232 cm³/mol. The zero-order chi connectivity index (χ0) is 35.3. The molecule has 0 bridgehead atoms. The van der Waals surface area contributed by atoms with Crippen LogP contribution in [0.5, 0.6) is 0 Å². The zero-order valence-corrected chi connectivity index (χ0v) is 29.5. The van der Waals surface area contributed by atoms with Gasteiger partial charge in [-0.2, -0.15) is 0 Å². The second-order valence-corrected chi connectivity index (χ2v) is 14.8. The highest BCUT2D eigenvalue weighted by molar-refractivity contribution is 6.33. The minimum absolute atomic E-state index is 1.22. The van der Waals surface area contributed by atoms with E-state index < -0.39 is 0 Å². The molecular formula is C54H32. The minimum atomic E-state index is 1.22. The number of benzene rings is 11. The molecule has 0 unspecified atom stereocenters. The third kappa shape index (κ3) is 4.26. The van der Waals surface area contributed by atoms with Crippen molar-refractivity contribution in [3.05, 3.63) is 194 Å². The lowest BCUT2D eigenvalue weighted by atomic mass is 9.87. The first-order valence-electron chi connectivity index (χ1n) is 18.8. The van der Waals surface area contributed by atoms with E-state index in [2.05, 4.69) is 194 Å². The highest BCUT2D eigenvalue weighted by Gasteiger charge is 2.22. The summed E-state index contributed by atoms with van der Waals surface area (Å²) in [5, 5.41) is 15.6. The van der Waals surface area contributed by atoms with Gasteiger partial charge in [0.05, 0.1) is 0 Å². The maximum atomic E-state index is 2.44. The average molecular weight is 681 g/mol. The summed E-state index contributed by atoms with van der Waals surface area (Å²) in [5.74, 6) is 0. The largest absolute Gasteiger partial charge is 0.0616 e. The standard InChI is InChI=1S/C54H32/c1-3-17-44-41(14-1)42-15-5-7-20-48(42)54-49-21-8-6-19-46(49)50(32-52(44)54)38-12-9-11-33(29-38)34-23-24-36-28-37(26-25-35(36)27-34)40-30-39-13-10-22-47-43-16-2-4-18-45(43)51(31-40)53(39)47/h1-32H. The van der Waals surface area contributed by atoms with Gasteiger partial charge in [0, 0.05) is 0 Å². The molecule has 0 nitrogen and oxygen atoms in total. The molecule has 0 aliphatic heterocycles. The van der Waals surface area contributed by atoms with Crippen LogP contribution in [0.4, 0.5) is 0 Å². The second-order valence-electron chi connectivity index (χ2n) is 14.8. The molecule has 1 aliphatic carbocycles. The summed E-state index contributed by atoms with van der Waals surface area (Å²) in [6.45, 7) is 0. The molecule has 0 radical (unpaired) electrons. The van der Waals surface area contributed by atoms with E-state index in [0.29, 0.717) is 0 Å². The third-order valence-corrected chi connectivity index (χ3v) is 11.9. The van der Waals surface area contributed by atoms with Crippen LogP contribution in [0.25, 0.3) is 120 Å². The Bertz CT molecular complexity index is 3380. The molecule has 0 saturated heterocycles. The van der Waals surface area contributed by atoms with Gasteiger partial charge in [-0.15, -0.1) is 0 Å². The van der Waals surface area contributed by atoms with Gasteiger partial charge in [-0.1, -0.05) is 158 Å². The molecule has 11 aromatic rings. The predicted octanol–water partition coefficient (Wildman–Crippen LogP) is 15.3. The van der Waals surface area contributed by atoms with E-state index in [0.717, 1.165) is 0 Å². The summed E-state index contributed by atoms with van der Waals surface area (Å²) in [6, 6.07) is 72.3. The first-order valence-corrected chi connectivity index (χ1v) is 18.8. The molecule has 0 heterocycles. The van der Waals surface area contributed by atoms with E-state index in [4.69, 9.17) is 0 Å². The first-order chi connectivity index (χ1) is 26.8. The van der Waals surface area contributed by atoms with Gasteiger partial charge in [0.15, 0.2) is 0 Å². The summed E-state index contributed by atoms with van der Waals surface area (Å²) >= 11 is 0. The molecule has 54 heavy (non-hydrogen) atoms. The monoisotopic (exact) mass is 680 g/mol. The molecule has 248 valence electrons. The molecule has 0 fully saturated rings. The van der Waals surface area contributed by atoms with Gasteiger partial charge in [-0.05, 0) is 157 Å². The fourth-order valence-electron chi connectivity index (χ4n) is 9.46. The number of hydrogen-bond donors (Lipinski definition) is 0. The molecule has 0 atom stereocenters. The summed E-state index contributed by atoms with van der Waals surface area (Å²) < 4.78 is 0. The molecule has 11 aromatic carbocycles. The highest BCUT2D eigenvalue weighted by Crippen LogP contribution is 2.49. The van der Waals surface area contributed by atoms with Crippen molar-refractivity contribution in [2.45, 2.75) is 0 Å². The van der Waals surface area contributed by atoms with E-state index in [1.165, 1.54) is 120 Å². The van der Waals surface area contributed by atoms with Crippen molar-refractivity contribution in [2.75, 3.05) is 0 Å². The van der Waals surface area contributed by atoms with Crippen LogP contribution in [0.3, 0.4) is 0 Å². The van der Waals surface area contributed by atoms with Gasteiger partial charge in [0.25, 0.3) is 0 Å². The zero-order valence-electron chi connectivity index (χ0n) is 29.5. The summed E-state index contributed by atoms with van der Waals surface area (Å²) in [6.07, 6.45) is 0. The number of rotatable bonds is 3. The van der Waals surface area contributed by atoms with Crippen molar-refractivity contribution in [3.63, 3.8) is 0 Å². The summed E-state index contributed by atoms with van der Waals surface area (Å²) in [4.78, 5) is 0. The Labute approximate surface area is 313 Å². The minimum Gasteiger partial charge on any atom is -0.0616 e. The van der Waals surface area contributed by atoms with Crippen molar-refractivity contribution >= 4 is 64.6 Å². The maximum absolute atomic E-state index is 2.44. The van der Waals surface area contributed by atoms with E-state index in [1.54, 1.807) is 0 Å². The van der Waals surface area contributed by atoms with Crippen molar-refractivity contribution < 1.29 is 0 Å². The van der Waals surface area contributed by atoms with Gasteiger partial charge >= 0.3 is 0 Å². The van der Waals surface area contributed by atoms with E-state index in [1.807, 2.05) is 0 Å².